The van der Waals surface area contributed by atoms with E-state index in [4.69, 9.17) is 23.2 Å². The molecule has 1 heterocycles. The minimum Gasteiger partial charge on any atom is -0.342 e. The largest absolute Gasteiger partial charge is 0.342 e. The van der Waals surface area contributed by atoms with Gasteiger partial charge in [0.05, 0.1) is 28.1 Å². The van der Waals surface area contributed by atoms with Gasteiger partial charge in [0.25, 0.3) is 5.91 Å². The Morgan fingerprint density at radius 2 is 1.81 bits per heavy atom. The molecule has 0 aliphatic heterocycles. The second-order valence-electron chi connectivity index (χ2n) is 8.66. The molecule has 0 bridgehead atoms. The maximum atomic E-state index is 13.0. The first-order valence-corrected chi connectivity index (χ1v) is 13.9. The maximum absolute atomic E-state index is 13.0. The molecule has 2 amide bonds. The van der Waals surface area contributed by atoms with E-state index >= 15 is 0 Å². The van der Waals surface area contributed by atoms with Crippen LogP contribution < -0.4 is 10.6 Å². The van der Waals surface area contributed by atoms with E-state index in [0.717, 1.165) is 21.3 Å². The highest BCUT2D eigenvalue weighted by atomic mass is 79.9. The first-order chi connectivity index (χ1) is 17.0. The summed E-state index contributed by atoms with van der Waals surface area (Å²) in [7, 11) is 0. The summed E-state index contributed by atoms with van der Waals surface area (Å²) < 4.78 is 2.75. The summed E-state index contributed by atoms with van der Waals surface area (Å²) in [5, 5.41) is 16.0. The number of carbonyl (C=O) groups is 2. The van der Waals surface area contributed by atoms with E-state index in [-0.39, 0.29) is 28.5 Å². The summed E-state index contributed by atoms with van der Waals surface area (Å²) in [5.41, 5.74) is 3.30. The van der Waals surface area contributed by atoms with Crippen molar-refractivity contribution in [3.05, 3.63) is 67.4 Å². The number of anilines is 1. The van der Waals surface area contributed by atoms with Crippen molar-refractivity contribution in [3.63, 3.8) is 0 Å². The Labute approximate surface area is 233 Å². The number of halogens is 3. The van der Waals surface area contributed by atoms with Crippen molar-refractivity contribution in [2.75, 3.05) is 11.1 Å². The monoisotopic (exact) mass is 611 g/mol. The SMILES string of the molecule is CCn1c(SCC(=O)Nc2cc(C)c(C)cc2Br)nnc1[C@H](NC(=O)c1ccc(Cl)cc1Cl)C(C)C. The van der Waals surface area contributed by atoms with Crippen molar-refractivity contribution >= 4 is 68.4 Å². The number of amides is 2. The molecule has 0 unspecified atom stereocenters. The molecule has 11 heteroatoms. The van der Waals surface area contributed by atoms with Gasteiger partial charge in [-0.3, -0.25) is 9.59 Å². The van der Waals surface area contributed by atoms with Gasteiger partial charge in [0.15, 0.2) is 11.0 Å². The second-order valence-corrected chi connectivity index (χ2v) is 11.3. The van der Waals surface area contributed by atoms with Crippen LogP contribution in [0.1, 0.15) is 54.1 Å². The quantitative estimate of drug-likeness (QED) is 0.258. The molecule has 0 spiro atoms. The predicted octanol–water partition coefficient (Wildman–Crippen LogP) is 6.84. The lowest BCUT2D eigenvalue weighted by Gasteiger charge is -2.22. The zero-order chi connectivity index (χ0) is 26.6. The molecule has 0 radical (unpaired) electrons. The Morgan fingerprint density at radius 3 is 2.44 bits per heavy atom. The van der Waals surface area contributed by atoms with Gasteiger partial charge in [-0.05, 0) is 84.1 Å². The Balaban J connectivity index is 1.74. The molecule has 7 nitrogen and oxygen atoms in total. The number of hydrogen-bond donors (Lipinski definition) is 2. The summed E-state index contributed by atoms with van der Waals surface area (Å²) in [6, 6.07) is 8.26. The van der Waals surface area contributed by atoms with E-state index in [0.29, 0.717) is 28.1 Å². The molecule has 3 aromatic rings. The normalized spacial score (nSPS) is 12.0. The molecule has 0 aliphatic rings. The fraction of sp³-hybridized carbons (Fsp3) is 0.360. The lowest BCUT2D eigenvalue weighted by atomic mass is 10.0. The van der Waals surface area contributed by atoms with E-state index < -0.39 is 6.04 Å². The Kier molecular flexibility index (Phi) is 9.86. The van der Waals surface area contributed by atoms with Crippen LogP contribution in [0.15, 0.2) is 40.0 Å². The topological polar surface area (TPSA) is 88.9 Å². The van der Waals surface area contributed by atoms with Crippen molar-refractivity contribution in [1.29, 1.82) is 0 Å². The third-order valence-corrected chi connectivity index (χ3v) is 7.83. The Morgan fingerprint density at radius 1 is 1.11 bits per heavy atom. The number of carbonyl (C=O) groups excluding carboxylic acids is 2. The molecule has 36 heavy (non-hydrogen) atoms. The van der Waals surface area contributed by atoms with Crippen LogP contribution in [0, 0.1) is 19.8 Å². The third-order valence-electron chi connectivity index (χ3n) is 5.66. The molecule has 0 aliphatic carbocycles. The van der Waals surface area contributed by atoms with Gasteiger partial charge in [-0.15, -0.1) is 10.2 Å². The minimum atomic E-state index is -0.411. The number of aryl methyl sites for hydroxylation is 2. The van der Waals surface area contributed by atoms with Gasteiger partial charge < -0.3 is 15.2 Å². The van der Waals surface area contributed by atoms with Crippen LogP contribution in [0.2, 0.25) is 10.0 Å². The van der Waals surface area contributed by atoms with Gasteiger partial charge in [-0.2, -0.15) is 0 Å². The van der Waals surface area contributed by atoms with E-state index in [1.165, 1.54) is 17.8 Å². The van der Waals surface area contributed by atoms with Crippen molar-refractivity contribution in [1.82, 2.24) is 20.1 Å². The van der Waals surface area contributed by atoms with Crippen molar-refractivity contribution in [2.24, 2.45) is 5.92 Å². The molecular weight excluding hydrogens is 585 g/mol. The Hall–Kier alpha value is -2.07. The number of nitrogens with one attached hydrogen (secondary N) is 2. The number of thioether (sulfide) groups is 1. The fourth-order valence-electron chi connectivity index (χ4n) is 3.55. The second kappa shape index (κ2) is 12.4. The van der Waals surface area contributed by atoms with Gasteiger partial charge in [0.1, 0.15) is 0 Å². The third kappa shape index (κ3) is 6.82. The van der Waals surface area contributed by atoms with Crippen molar-refractivity contribution in [2.45, 2.75) is 52.4 Å². The number of aromatic nitrogens is 3. The summed E-state index contributed by atoms with van der Waals surface area (Å²) in [6.45, 7) is 10.6. The summed E-state index contributed by atoms with van der Waals surface area (Å²) in [6.07, 6.45) is 0. The van der Waals surface area contributed by atoms with Gasteiger partial charge in [-0.25, -0.2) is 0 Å². The maximum Gasteiger partial charge on any atom is 0.253 e. The van der Waals surface area contributed by atoms with Gasteiger partial charge >= 0.3 is 0 Å². The standard InChI is InChI=1S/C25H28BrCl2N5O2S/c1-6-33-23(22(13(2)3)30-24(35)17-8-7-16(27)11-19(17)28)31-32-25(33)36-12-21(34)29-20-10-15(5)14(4)9-18(20)26/h7-11,13,22H,6,12H2,1-5H3,(H,29,34)(H,30,35)/t22-/m1/s1. The summed E-state index contributed by atoms with van der Waals surface area (Å²) in [5.74, 6) is 0.329. The first-order valence-electron chi connectivity index (χ1n) is 11.4. The van der Waals surface area contributed by atoms with Crippen LogP contribution in [0.5, 0.6) is 0 Å². The van der Waals surface area contributed by atoms with E-state index in [2.05, 4.69) is 36.8 Å². The molecule has 2 aromatic carbocycles. The Bertz CT molecular complexity index is 1280. The van der Waals surface area contributed by atoms with Crippen LogP contribution in [0.4, 0.5) is 5.69 Å². The highest BCUT2D eigenvalue weighted by Crippen LogP contribution is 2.29. The smallest absolute Gasteiger partial charge is 0.253 e. The van der Waals surface area contributed by atoms with Gasteiger partial charge in [0, 0.05) is 16.0 Å². The van der Waals surface area contributed by atoms with Crippen LogP contribution in [-0.2, 0) is 11.3 Å². The van der Waals surface area contributed by atoms with E-state index in [1.807, 2.05) is 51.3 Å². The average Bonchev–Trinajstić information content (AvgIpc) is 3.21. The van der Waals surface area contributed by atoms with Crippen LogP contribution in [0.3, 0.4) is 0 Å². The first kappa shape index (κ1) is 28.5. The molecule has 0 fully saturated rings. The fourth-order valence-corrected chi connectivity index (χ4v) is 5.41. The van der Waals surface area contributed by atoms with Crippen molar-refractivity contribution < 1.29 is 9.59 Å². The van der Waals surface area contributed by atoms with E-state index in [9.17, 15) is 9.59 Å². The zero-order valence-electron chi connectivity index (χ0n) is 20.7. The summed E-state index contributed by atoms with van der Waals surface area (Å²) in [4.78, 5) is 25.6. The lowest BCUT2D eigenvalue weighted by molar-refractivity contribution is -0.113. The van der Waals surface area contributed by atoms with Gasteiger partial charge in [-0.1, -0.05) is 48.8 Å². The molecule has 3 rings (SSSR count). The van der Waals surface area contributed by atoms with Gasteiger partial charge in [0.2, 0.25) is 5.91 Å². The van der Waals surface area contributed by atoms with Crippen LogP contribution in [0.25, 0.3) is 0 Å². The predicted molar refractivity (Wildman–Crippen MR) is 150 cm³/mol. The number of rotatable bonds is 9. The van der Waals surface area contributed by atoms with Crippen molar-refractivity contribution in [3.8, 4) is 0 Å². The number of benzene rings is 2. The molecule has 192 valence electrons. The lowest BCUT2D eigenvalue weighted by Crippen LogP contribution is -2.34. The zero-order valence-corrected chi connectivity index (χ0v) is 24.6. The number of hydrogen-bond acceptors (Lipinski definition) is 5. The molecule has 0 saturated heterocycles. The molecular formula is C25H28BrCl2N5O2S. The molecule has 0 saturated carbocycles. The molecule has 1 atom stereocenters. The van der Waals surface area contributed by atoms with E-state index in [1.54, 1.807) is 12.1 Å². The highest BCUT2D eigenvalue weighted by molar-refractivity contribution is 9.10. The molecule has 1 aromatic heterocycles. The average molecular weight is 613 g/mol. The van der Waals surface area contributed by atoms with Crippen LogP contribution in [-0.4, -0.2) is 32.3 Å². The highest BCUT2D eigenvalue weighted by Gasteiger charge is 2.27. The minimum absolute atomic E-state index is 0.0257. The number of nitrogens with zero attached hydrogens (tertiary/aromatic N) is 3. The van der Waals surface area contributed by atoms with Crippen LogP contribution >= 0.6 is 50.9 Å². The molecule has 2 N–H and O–H groups in total. The summed E-state index contributed by atoms with van der Waals surface area (Å²) >= 11 is 17.0.